The number of amides is 1. The number of likely N-dealkylation sites (tertiary alicyclic amines) is 1. The molecule has 1 amide bonds. The number of halogens is 1. The van der Waals surface area contributed by atoms with Gasteiger partial charge in [-0.25, -0.2) is 4.39 Å². The minimum atomic E-state index is -0.499. The van der Waals surface area contributed by atoms with E-state index >= 15 is 0 Å². The molecule has 0 spiro atoms. The van der Waals surface area contributed by atoms with Gasteiger partial charge in [-0.05, 0) is 37.0 Å². The third-order valence-corrected chi connectivity index (χ3v) is 3.70. The van der Waals surface area contributed by atoms with Gasteiger partial charge in [-0.1, -0.05) is 6.07 Å². The first-order chi connectivity index (χ1) is 10.2. The molecule has 0 aliphatic carbocycles. The summed E-state index contributed by atoms with van der Waals surface area (Å²) in [6, 6.07) is 6.31. The van der Waals surface area contributed by atoms with Gasteiger partial charge in [0.2, 0.25) is 5.91 Å². The maximum absolute atomic E-state index is 13.2. The molecule has 0 radical (unpaired) electrons. The lowest BCUT2D eigenvalue weighted by Crippen LogP contribution is -2.37. The largest absolute Gasteiger partial charge is 0.343 e. The highest BCUT2D eigenvalue weighted by Crippen LogP contribution is 2.10. The molecule has 0 atom stereocenters. The van der Waals surface area contributed by atoms with Crippen LogP contribution in [0.5, 0.6) is 0 Å². The number of carbonyl (C=O) groups excluding carboxylic acids is 1. The number of carbonyl (C=O) groups is 1. The molecule has 1 aliphatic rings. The SMILES string of the molecule is N#Cc1cc(CNCCC(=O)N2CCCCC2)ccc1F. The Bertz CT molecular complexity index is 533. The zero-order valence-corrected chi connectivity index (χ0v) is 12.1. The molecule has 1 saturated heterocycles. The van der Waals surface area contributed by atoms with Crippen LogP contribution in [0.15, 0.2) is 18.2 Å². The Morgan fingerprint density at radius 3 is 2.81 bits per heavy atom. The lowest BCUT2D eigenvalue weighted by Gasteiger charge is -2.26. The van der Waals surface area contributed by atoms with Crippen molar-refractivity contribution in [2.24, 2.45) is 0 Å². The molecule has 112 valence electrons. The van der Waals surface area contributed by atoms with E-state index in [1.54, 1.807) is 6.07 Å². The maximum atomic E-state index is 13.2. The van der Waals surface area contributed by atoms with E-state index in [4.69, 9.17) is 5.26 Å². The van der Waals surface area contributed by atoms with Crippen molar-refractivity contribution in [1.29, 1.82) is 5.26 Å². The summed E-state index contributed by atoms with van der Waals surface area (Å²) in [7, 11) is 0. The molecule has 21 heavy (non-hydrogen) atoms. The normalized spacial score (nSPS) is 14.8. The van der Waals surface area contributed by atoms with E-state index in [2.05, 4.69) is 5.32 Å². The van der Waals surface area contributed by atoms with Gasteiger partial charge in [0.25, 0.3) is 0 Å². The summed E-state index contributed by atoms with van der Waals surface area (Å²) in [5.41, 5.74) is 0.900. The molecular weight excluding hydrogens is 269 g/mol. The van der Waals surface area contributed by atoms with Crippen molar-refractivity contribution in [2.45, 2.75) is 32.2 Å². The fraction of sp³-hybridized carbons (Fsp3) is 0.500. The van der Waals surface area contributed by atoms with Crippen LogP contribution in [0.4, 0.5) is 4.39 Å². The van der Waals surface area contributed by atoms with E-state index < -0.39 is 5.82 Å². The van der Waals surface area contributed by atoms with Crippen LogP contribution in [0.25, 0.3) is 0 Å². The smallest absolute Gasteiger partial charge is 0.223 e. The Balaban J connectivity index is 1.72. The van der Waals surface area contributed by atoms with E-state index in [0.29, 0.717) is 19.5 Å². The van der Waals surface area contributed by atoms with Crippen LogP contribution in [0, 0.1) is 17.1 Å². The standard InChI is InChI=1S/C16H20FN3O/c17-15-5-4-13(10-14(15)11-18)12-19-7-6-16(21)20-8-2-1-3-9-20/h4-5,10,19H,1-3,6-9,12H2. The number of piperidine rings is 1. The second-order valence-corrected chi connectivity index (χ2v) is 5.29. The average molecular weight is 289 g/mol. The summed E-state index contributed by atoms with van der Waals surface area (Å²) in [4.78, 5) is 13.9. The molecule has 0 unspecified atom stereocenters. The van der Waals surface area contributed by atoms with E-state index in [1.165, 1.54) is 18.6 Å². The quantitative estimate of drug-likeness (QED) is 0.845. The van der Waals surface area contributed by atoms with Crippen LogP contribution in [0.2, 0.25) is 0 Å². The fourth-order valence-electron chi connectivity index (χ4n) is 2.50. The Kier molecular flexibility index (Phi) is 5.70. The summed E-state index contributed by atoms with van der Waals surface area (Å²) in [6.07, 6.45) is 3.90. The minimum absolute atomic E-state index is 0.0543. The van der Waals surface area contributed by atoms with Crippen molar-refractivity contribution in [3.8, 4) is 6.07 Å². The third-order valence-electron chi connectivity index (χ3n) is 3.70. The summed E-state index contributed by atoms with van der Waals surface area (Å²) >= 11 is 0. The summed E-state index contributed by atoms with van der Waals surface area (Å²) in [6.45, 7) is 2.88. The minimum Gasteiger partial charge on any atom is -0.343 e. The zero-order valence-electron chi connectivity index (χ0n) is 12.1. The van der Waals surface area contributed by atoms with Crippen LogP contribution in [-0.4, -0.2) is 30.4 Å². The molecule has 1 aromatic carbocycles. The van der Waals surface area contributed by atoms with Crippen molar-refractivity contribution in [1.82, 2.24) is 10.2 Å². The van der Waals surface area contributed by atoms with Crippen LogP contribution in [0.3, 0.4) is 0 Å². The van der Waals surface area contributed by atoms with Crippen molar-refractivity contribution >= 4 is 5.91 Å². The predicted octanol–water partition coefficient (Wildman–Crippen LogP) is 2.19. The maximum Gasteiger partial charge on any atom is 0.223 e. The van der Waals surface area contributed by atoms with Crippen LogP contribution >= 0.6 is 0 Å². The molecule has 1 aliphatic heterocycles. The predicted molar refractivity (Wildman–Crippen MR) is 77.9 cm³/mol. The number of nitrogens with zero attached hydrogens (tertiary/aromatic N) is 2. The highest BCUT2D eigenvalue weighted by Gasteiger charge is 2.15. The number of rotatable bonds is 5. The molecule has 2 rings (SSSR count). The first kappa shape index (κ1) is 15.5. The topological polar surface area (TPSA) is 56.1 Å². The highest BCUT2D eigenvalue weighted by atomic mass is 19.1. The molecule has 0 bridgehead atoms. The van der Waals surface area contributed by atoms with Crippen LogP contribution in [0.1, 0.15) is 36.8 Å². The van der Waals surface area contributed by atoms with Crippen molar-refractivity contribution in [2.75, 3.05) is 19.6 Å². The molecule has 5 heteroatoms. The molecule has 0 saturated carbocycles. The summed E-state index contributed by atoms with van der Waals surface area (Å²) < 4.78 is 13.2. The second kappa shape index (κ2) is 7.75. The average Bonchev–Trinajstić information content (AvgIpc) is 2.53. The number of nitrogens with one attached hydrogen (secondary N) is 1. The lowest BCUT2D eigenvalue weighted by molar-refractivity contribution is -0.131. The van der Waals surface area contributed by atoms with E-state index in [1.807, 2.05) is 11.0 Å². The fourth-order valence-corrected chi connectivity index (χ4v) is 2.50. The third kappa shape index (κ3) is 4.54. The van der Waals surface area contributed by atoms with E-state index in [-0.39, 0.29) is 11.5 Å². The molecule has 4 nitrogen and oxygen atoms in total. The second-order valence-electron chi connectivity index (χ2n) is 5.29. The Morgan fingerprint density at radius 1 is 1.33 bits per heavy atom. The van der Waals surface area contributed by atoms with Gasteiger partial charge in [-0.15, -0.1) is 0 Å². The van der Waals surface area contributed by atoms with E-state index in [9.17, 15) is 9.18 Å². The highest BCUT2D eigenvalue weighted by molar-refractivity contribution is 5.76. The zero-order chi connectivity index (χ0) is 15.1. The molecule has 1 aromatic rings. The molecular formula is C16H20FN3O. The van der Waals surface area contributed by atoms with Crippen molar-refractivity contribution in [3.05, 3.63) is 35.1 Å². The lowest BCUT2D eigenvalue weighted by atomic mass is 10.1. The number of hydrogen-bond donors (Lipinski definition) is 1. The van der Waals surface area contributed by atoms with Crippen LogP contribution < -0.4 is 5.32 Å². The van der Waals surface area contributed by atoms with Gasteiger partial charge >= 0.3 is 0 Å². The van der Waals surface area contributed by atoms with Gasteiger partial charge < -0.3 is 10.2 Å². The Labute approximate surface area is 124 Å². The van der Waals surface area contributed by atoms with E-state index in [0.717, 1.165) is 31.5 Å². The molecule has 1 heterocycles. The summed E-state index contributed by atoms with van der Waals surface area (Å²) in [5.74, 6) is -0.305. The van der Waals surface area contributed by atoms with Gasteiger partial charge in [0.15, 0.2) is 0 Å². The van der Waals surface area contributed by atoms with Gasteiger partial charge in [0, 0.05) is 32.6 Å². The number of benzene rings is 1. The number of nitriles is 1. The first-order valence-electron chi connectivity index (χ1n) is 7.38. The molecule has 0 aromatic heterocycles. The molecule has 1 fully saturated rings. The summed E-state index contributed by atoms with van der Waals surface area (Å²) in [5, 5.41) is 11.9. The van der Waals surface area contributed by atoms with Crippen LogP contribution in [-0.2, 0) is 11.3 Å². The van der Waals surface area contributed by atoms with Gasteiger partial charge in [0.1, 0.15) is 11.9 Å². The Morgan fingerprint density at radius 2 is 2.10 bits per heavy atom. The Hall–Kier alpha value is -1.93. The van der Waals surface area contributed by atoms with Crippen molar-refractivity contribution in [3.63, 3.8) is 0 Å². The van der Waals surface area contributed by atoms with Gasteiger partial charge in [0.05, 0.1) is 5.56 Å². The van der Waals surface area contributed by atoms with Gasteiger partial charge in [-0.2, -0.15) is 5.26 Å². The first-order valence-corrected chi connectivity index (χ1v) is 7.38. The molecule has 1 N–H and O–H groups in total. The van der Waals surface area contributed by atoms with Crippen molar-refractivity contribution < 1.29 is 9.18 Å². The van der Waals surface area contributed by atoms with Gasteiger partial charge in [-0.3, -0.25) is 4.79 Å². The monoisotopic (exact) mass is 289 g/mol. The number of hydrogen-bond acceptors (Lipinski definition) is 3.